The largest absolute Gasteiger partial charge is 0.455 e. The Morgan fingerprint density at radius 3 is 2.03 bits per heavy atom. The summed E-state index contributed by atoms with van der Waals surface area (Å²) in [5.74, 6) is -5.94. The lowest BCUT2D eigenvalue weighted by Crippen LogP contribution is -2.05. The molecule has 10 aromatic rings. The van der Waals surface area contributed by atoms with E-state index in [2.05, 4.69) is 12.2 Å². The Balaban J connectivity index is 1.04. The Bertz CT molecular complexity index is 3400. The predicted octanol–water partition coefficient (Wildman–Crippen LogP) is 14.3. The summed E-state index contributed by atoms with van der Waals surface area (Å²) in [6.45, 7) is 0. The fraction of sp³-hybridized carbons (Fsp3) is 0.0385. The molecule has 1 aliphatic carbocycles. The number of hydrogen-bond acceptors (Lipinski definition) is 3. The molecule has 60 heavy (non-hydrogen) atoms. The van der Waals surface area contributed by atoms with Gasteiger partial charge in [0, 0.05) is 49.8 Å². The molecule has 1 unspecified atom stereocenters. The topological polar surface area (TPSA) is 43.9 Å². The standard InChI is InChI=1S/C52H31F4N3O/c53-46-45-40-28-34(33-15-9-16-35(27-33)42-29-41(31-11-3-1-4-12-31)57-52(58-42)32-13-5-2-6-14-32)23-26-43(40)59(50(45)49(56)48(55)47(46)54)36-24-21-30(22-25-36)37-18-10-19-39-38-17-7-8-20-44(38)60-51(37)39/h1-13,15-29,32H,14H2. The summed E-state index contributed by atoms with van der Waals surface area (Å²) in [6.07, 6.45) is 9.01. The Morgan fingerprint density at radius 2 is 1.22 bits per heavy atom. The summed E-state index contributed by atoms with van der Waals surface area (Å²) in [5, 5.41) is 1.85. The highest BCUT2D eigenvalue weighted by Gasteiger charge is 2.28. The van der Waals surface area contributed by atoms with Gasteiger partial charge in [0.2, 0.25) is 0 Å². The molecular weight excluding hydrogens is 759 g/mol. The number of fused-ring (bicyclic) bond motifs is 6. The monoisotopic (exact) mass is 789 g/mol. The van der Waals surface area contributed by atoms with E-state index in [0.717, 1.165) is 67.6 Å². The van der Waals surface area contributed by atoms with Gasteiger partial charge in [-0.2, -0.15) is 0 Å². The zero-order chi connectivity index (χ0) is 40.5. The van der Waals surface area contributed by atoms with Crippen molar-refractivity contribution < 1.29 is 22.0 Å². The first kappa shape index (κ1) is 35.6. The van der Waals surface area contributed by atoms with Gasteiger partial charge in [0.25, 0.3) is 0 Å². The normalized spacial score (nSPS) is 14.0. The molecule has 3 heterocycles. The molecule has 7 aromatic carbocycles. The van der Waals surface area contributed by atoms with E-state index in [4.69, 9.17) is 14.4 Å². The zero-order valence-corrected chi connectivity index (χ0v) is 31.7. The minimum atomic E-state index is -1.87. The number of para-hydroxylation sites is 2. The van der Waals surface area contributed by atoms with Crippen LogP contribution in [0.2, 0.25) is 0 Å². The van der Waals surface area contributed by atoms with Crippen molar-refractivity contribution in [3.05, 3.63) is 199 Å². The molecule has 3 aromatic heterocycles. The number of furan rings is 1. The lowest BCUT2D eigenvalue weighted by molar-refractivity contribution is 0.417. The molecule has 1 aliphatic rings. The van der Waals surface area contributed by atoms with Gasteiger partial charge in [-0.3, -0.25) is 0 Å². The molecule has 11 rings (SSSR count). The van der Waals surface area contributed by atoms with Crippen LogP contribution in [0.1, 0.15) is 18.2 Å². The highest BCUT2D eigenvalue weighted by Crippen LogP contribution is 2.41. The van der Waals surface area contributed by atoms with Crippen molar-refractivity contribution in [1.82, 2.24) is 14.5 Å². The molecule has 4 nitrogen and oxygen atoms in total. The van der Waals surface area contributed by atoms with Gasteiger partial charge in [0.1, 0.15) is 17.0 Å². The molecule has 0 radical (unpaired) electrons. The minimum absolute atomic E-state index is 0.0166. The molecular formula is C52H31F4N3O. The van der Waals surface area contributed by atoms with Crippen LogP contribution >= 0.6 is 0 Å². The molecule has 0 amide bonds. The predicted molar refractivity (Wildman–Crippen MR) is 231 cm³/mol. The second kappa shape index (κ2) is 14.1. The van der Waals surface area contributed by atoms with Gasteiger partial charge in [-0.05, 0) is 65.6 Å². The lowest BCUT2D eigenvalue weighted by atomic mass is 9.97. The molecule has 0 saturated carbocycles. The van der Waals surface area contributed by atoms with Crippen LogP contribution in [-0.4, -0.2) is 14.5 Å². The SMILES string of the molecule is Fc1c(F)c(F)c2c(c1F)c1cc(-c3cccc(-c4cc(-c5ccccc5)nc(C5C=CC=CC5)n4)c3)ccc1n2-c1ccc(-c2cccc3c2oc2ccccc23)cc1. The maximum Gasteiger partial charge on any atom is 0.199 e. The molecule has 0 fully saturated rings. The van der Waals surface area contributed by atoms with Crippen molar-refractivity contribution in [2.24, 2.45) is 0 Å². The third-order valence-electron chi connectivity index (χ3n) is 11.4. The van der Waals surface area contributed by atoms with Crippen molar-refractivity contribution in [2.75, 3.05) is 0 Å². The Morgan fingerprint density at radius 1 is 0.533 bits per heavy atom. The van der Waals surface area contributed by atoms with Crippen LogP contribution in [0.3, 0.4) is 0 Å². The van der Waals surface area contributed by atoms with Crippen molar-refractivity contribution in [1.29, 1.82) is 0 Å². The Labute approximate surface area is 341 Å². The van der Waals surface area contributed by atoms with E-state index in [1.165, 1.54) is 4.57 Å². The number of benzene rings is 7. The highest BCUT2D eigenvalue weighted by atomic mass is 19.2. The van der Waals surface area contributed by atoms with E-state index < -0.39 is 28.8 Å². The molecule has 0 spiro atoms. The highest BCUT2D eigenvalue weighted by molar-refractivity contribution is 6.12. The number of nitrogens with zero attached hydrogens (tertiary/aromatic N) is 3. The van der Waals surface area contributed by atoms with E-state index in [0.29, 0.717) is 22.6 Å². The number of aromatic nitrogens is 3. The van der Waals surface area contributed by atoms with Crippen molar-refractivity contribution in [2.45, 2.75) is 12.3 Å². The van der Waals surface area contributed by atoms with Crippen LogP contribution in [0.5, 0.6) is 0 Å². The van der Waals surface area contributed by atoms with Crippen LogP contribution in [-0.2, 0) is 0 Å². The van der Waals surface area contributed by atoms with E-state index in [-0.39, 0.29) is 16.7 Å². The van der Waals surface area contributed by atoms with E-state index >= 15 is 17.6 Å². The molecule has 0 aliphatic heterocycles. The average Bonchev–Trinajstić information content (AvgIpc) is 3.87. The smallest absolute Gasteiger partial charge is 0.199 e. The maximum absolute atomic E-state index is 16.0. The number of hydrogen-bond donors (Lipinski definition) is 0. The van der Waals surface area contributed by atoms with Gasteiger partial charge in [-0.15, -0.1) is 0 Å². The van der Waals surface area contributed by atoms with Crippen molar-refractivity contribution in [3.8, 4) is 50.5 Å². The van der Waals surface area contributed by atoms with Gasteiger partial charge < -0.3 is 8.98 Å². The van der Waals surface area contributed by atoms with Crippen LogP contribution in [0.4, 0.5) is 17.6 Å². The third-order valence-corrected chi connectivity index (χ3v) is 11.4. The van der Waals surface area contributed by atoms with Gasteiger partial charge >= 0.3 is 0 Å². The van der Waals surface area contributed by atoms with Gasteiger partial charge in [-0.25, -0.2) is 27.5 Å². The summed E-state index contributed by atoms with van der Waals surface area (Å²) in [7, 11) is 0. The van der Waals surface area contributed by atoms with E-state index in [9.17, 15) is 0 Å². The summed E-state index contributed by atoms with van der Waals surface area (Å²) in [4.78, 5) is 10.00. The van der Waals surface area contributed by atoms with Gasteiger partial charge in [0.15, 0.2) is 23.3 Å². The number of halogens is 4. The number of rotatable bonds is 6. The van der Waals surface area contributed by atoms with E-state index in [1.54, 1.807) is 24.3 Å². The first-order valence-corrected chi connectivity index (χ1v) is 19.6. The Hall–Kier alpha value is -7.58. The fourth-order valence-corrected chi connectivity index (χ4v) is 8.51. The summed E-state index contributed by atoms with van der Waals surface area (Å²) in [5.41, 5.74) is 8.35. The summed E-state index contributed by atoms with van der Waals surface area (Å²) < 4.78 is 69.8. The first-order valence-electron chi connectivity index (χ1n) is 19.6. The first-order chi connectivity index (χ1) is 29.4. The van der Waals surface area contributed by atoms with Crippen LogP contribution in [0.25, 0.3) is 94.2 Å². The molecule has 288 valence electrons. The summed E-state index contributed by atoms with van der Waals surface area (Å²) >= 11 is 0. The van der Waals surface area contributed by atoms with E-state index in [1.807, 2.05) is 133 Å². The number of allylic oxidation sites excluding steroid dienone is 4. The molecule has 1 atom stereocenters. The third kappa shape index (κ3) is 5.74. The molecule has 0 N–H and O–H groups in total. The van der Waals surface area contributed by atoms with Crippen LogP contribution in [0, 0.1) is 23.3 Å². The zero-order valence-electron chi connectivity index (χ0n) is 31.7. The summed E-state index contributed by atoms with van der Waals surface area (Å²) in [6, 6.07) is 45.9. The average molecular weight is 790 g/mol. The molecule has 0 bridgehead atoms. The molecule has 0 saturated heterocycles. The van der Waals surface area contributed by atoms with Crippen LogP contribution in [0.15, 0.2) is 174 Å². The second-order valence-corrected chi connectivity index (χ2v) is 15.0. The van der Waals surface area contributed by atoms with Crippen molar-refractivity contribution >= 4 is 43.7 Å². The maximum atomic E-state index is 16.0. The lowest BCUT2D eigenvalue weighted by Gasteiger charge is -2.15. The fourth-order valence-electron chi connectivity index (χ4n) is 8.51. The minimum Gasteiger partial charge on any atom is -0.455 e. The molecule has 8 heteroatoms. The quantitative estimate of drug-likeness (QED) is 0.0957. The Kier molecular flexibility index (Phi) is 8.34. The second-order valence-electron chi connectivity index (χ2n) is 15.0. The van der Waals surface area contributed by atoms with Gasteiger partial charge in [-0.1, -0.05) is 127 Å². The van der Waals surface area contributed by atoms with Crippen molar-refractivity contribution in [3.63, 3.8) is 0 Å². The van der Waals surface area contributed by atoms with Crippen LogP contribution < -0.4 is 0 Å². The van der Waals surface area contributed by atoms with Gasteiger partial charge in [0.05, 0.1) is 22.4 Å².